The van der Waals surface area contributed by atoms with Crippen LogP contribution in [0.4, 0.5) is 0 Å². The van der Waals surface area contributed by atoms with E-state index in [1.54, 1.807) is 28.7 Å². The highest BCUT2D eigenvalue weighted by atomic mass is 32.2. The Labute approximate surface area is 115 Å². The van der Waals surface area contributed by atoms with Gasteiger partial charge in [0.25, 0.3) is 0 Å². The molecule has 1 aromatic rings. The molecule has 1 aliphatic rings. The molecular formula is C12H15N3OS2. The van der Waals surface area contributed by atoms with Crippen molar-refractivity contribution in [1.29, 1.82) is 0 Å². The molecule has 96 valence electrons. The van der Waals surface area contributed by atoms with Crippen LogP contribution in [-0.2, 0) is 0 Å². The van der Waals surface area contributed by atoms with Crippen LogP contribution in [0.25, 0.3) is 0 Å². The van der Waals surface area contributed by atoms with Gasteiger partial charge >= 0.3 is 0 Å². The first-order valence-corrected chi connectivity index (χ1v) is 7.61. The first kappa shape index (κ1) is 13.3. The number of ketones is 1. The Balaban J connectivity index is 2.09. The number of thioether (sulfide) groups is 1. The van der Waals surface area contributed by atoms with Crippen molar-refractivity contribution in [2.24, 2.45) is 5.10 Å². The van der Waals surface area contributed by atoms with E-state index in [0.717, 1.165) is 29.5 Å². The van der Waals surface area contributed by atoms with Crippen molar-refractivity contribution < 1.29 is 4.79 Å². The molecule has 0 amide bonds. The maximum atomic E-state index is 12.0. The smallest absolute Gasteiger partial charge is 0.207 e. The number of thiazole rings is 1. The van der Waals surface area contributed by atoms with Gasteiger partial charge in [-0.2, -0.15) is 5.10 Å². The van der Waals surface area contributed by atoms with Gasteiger partial charge in [-0.15, -0.1) is 11.3 Å². The summed E-state index contributed by atoms with van der Waals surface area (Å²) in [5.41, 5.74) is 2.18. The topological polar surface area (TPSA) is 45.6 Å². The molecule has 0 N–H and O–H groups in total. The first-order valence-electron chi connectivity index (χ1n) is 5.85. The molecule has 1 aromatic heterocycles. The maximum Gasteiger partial charge on any atom is 0.207 e. The van der Waals surface area contributed by atoms with Crippen molar-refractivity contribution in [2.75, 3.05) is 6.54 Å². The van der Waals surface area contributed by atoms with Gasteiger partial charge in [-0.1, -0.05) is 25.1 Å². The van der Waals surface area contributed by atoms with Gasteiger partial charge in [0, 0.05) is 18.0 Å². The third-order valence-corrected chi connectivity index (χ3v) is 3.93. The molecule has 2 rings (SSSR count). The fraction of sp³-hybridized carbons (Fsp3) is 0.417. The number of carbonyl (C=O) groups excluding carboxylic acids is 1. The van der Waals surface area contributed by atoms with E-state index in [4.69, 9.17) is 0 Å². The molecule has 0 fully saturated rings. The average Bonchev–Trinajstić information content (AvgIpc) is 2.96. The number of hydrazone groups is 1. The largest absolute Gasteiger partial charge is 0.287 e. The standard InChI is InChI=1S/C12H15N3OS2/c1-3-4-5-15-12(18-9(2)14-15)6-11(16)10-7-17-8-13-10/h6-8H,3-5H2,1-2H3. The van der Waals surface area contributed by atoms with Crippen LogP contribution in [0, 0.1) is 0 Å². The second-order valence-corrected chi connectivity index (χ2v) is 5.85. The summed E-state index contributed by atoms with van der Waals surface area (Å²) >= 11 is 2.97. The van der Waals surface area contributed by atoms with Crippen LogP contribution < -0.4 is 0 Å². The number of carbonyl (C=O) groups is 1. The average molecular weight is 281 g/mol. The molecule has 0 spiro atoms. The summed E-state index contributed by atoms with van der Waals surface area (Å²) in [7, 11) is 0. The third-order valence-electron chi connectivity index (χ3n) is 2.43. The monoisotopic (exact) mass is 281 g/mol. The molecule has 0 aliphatic carbocycles. The van der Waals surface area contributed by atoms with Gasteiger partial charge in [0.1, 0.15) is 10.7 Å². The molecular weight excluding hydrogens is 266 g/mol. The summed E-state index contributed by atoms with van der Waals surface area (Å²) in [5.74, 6) is -0.0508. The number of hydrogen-bond acceptors (Lipinski definition) is 6. The van der Waals surface area contributed by atoms with Crippen LogP contribution in [0.5, 0.6) is 0 Å². The van der Waals surface area contributed by atoms with Crippen LogP contribution in [0.15, 0.2) is 27.1 Å². The number of aromatic nitrogens is 1. The fourth-order valence-corrected chi connectivity index (χ4v) is 2.92. The lowest BCUT2D eigenvalue weighted by atomic mass is 10.3. The third kappa shape index (κ3) is 3.20. The zero-order chi connectivity index (χ0) is 13.0. The summed E-state index contributed by atoms with van der Waals surface area (Å²) in [5, 5.41) is 9.97. The van der Waals surface area contributed by atoms with Crippen molar-refractivity contribution in [3.05, 3.63) is 27.7 Å². The Hall–Kier alpha value is -1.14. The molecule has 2 heterocycles. The van der Waals surface area contributed by atoms with E-state index in [9.17, 15) is 4.79 Å². The van der Waals surface area contributed by atoms with Gasteiger partial charge in [-0.25, -0.2) is 4.98 Å². The van der Waals surface area contributed by atoms with Crippen LogP contribution in [0.3, 0.4) is 0 Å². The van der Waals surface area contributed by atoms with Crippen molar-refractivity contribution in [3.63, 3.8) is 0 Å². The Morgan fingerprint density at radius 2 is 2.39 bits per heavy atom. The van der Waals surface area contributed by atoms with E-state index >= 15 is 0 Å². The summed E-state index contributed by atoms with van der Waals surface area (Å²) in [6.07, 6.45) is 3.82. The molecule has 0 unspecified atom stereocenters. The summed E-state index contributed by atoms with van der Waals surface area (Å²) in [4.78, 5) is 16.0. The number of nitrogens with zero attached hydrogens (tertiary/aromatic N) is 3. The molecule has 0 saturated heterocycles. The first-order chi connectivity index (χ1) is 8.70. The molecule has 4 nitrogen and oxygen atoms in total. The van der Waals surface area contributed by atoms with Gasteiger partial charge in [0.2, 0.25) is 5.78 Å². The highest BCUT2D eigenvalue weighted by molar-refractivity contribution is 8.17. The quantitative estimate of drug-likeness (QED) is 0.613. The Kier molecular flexibility index (Phi) is 4.54. The van der Waals surface area contributed by atoms with E-state index in [1.807, 2.05) is 11.9 Å². The molecule has 6 heteroatoms. The molecule has 0 radical (unpaired) electrons. The predicted octanol–water partition coefficient (Wildman–Crippen LogP) is 3.35. The van der Waals surface area contributed by atoms with E-state index in [1.165, 1.54) is 11.3 Å². The second kappa shape index (κ2) is 6.15. The molecule has 1 aliphatic heterocycles. The normalized spacial score (nSPS) is 17.3. The number of hydrogen-bond donors (Lipinski definition) is 0. The van der Waals surface area contributed by atoms with E-state index < -0.39 is 0 Å². The van der Waals surface area contributed by atoms with E-state index in [0.29, 0.717) is 5.69 Å². The highest BCUT2D eigenvalue weighted by Gasteiger charge is 2.20. The van der Waals surface area contributed by atoms with Gasteiger partial charge in [0.05, 0.1) is 10.6 Å². The van der Waals surface area contributed by atoms with Crippen LogP contribution in [0.2, 0.25) is 0 Å². The van der Waals surface area contributed by atoms with Gasteiger partial charge in [-0.3, -0.25) is 9.80 Å². The van der Waals surface area contributed by atoms with Crippen molar-refractivity contribution in [2.45, 2.75) is 26.7 Å². The summed E-state index contributed by atoms with van der Waals surface area (Å²) in [6, 6.07) is 0. The molecule has 0 bridgehead atoms. The number of unbranched alkanes of at least 4 members (excludes halogenated alkanes) is 1. The minimum Gasteiger partial charge on any atom is -0.287 e. The molecule has 0 atom stereocenters. The van der Waals surface area contributed by atoms with Gasteiger partial charge in [0.15, 0.2) is 0 Å². The van der Waals surface area contributed by atoms with Gasteiger partial charge in [-0.05, 0) is 13.3 Å². The lowest BCUT2D eigenvalue weighted by Crippen LogP contribution is -2.14. The Bertz CT molecular complexity index is 480. The molecule has 0 aromatic carbocycles. The summed E-state index contributed by atoms with van der Waals surface area (Å²) < 4.78 is 0. The Morgan fingerprint density at radius 1 is 1.56 bits per heavy atom. The van der Waals surface area contributed by atoms with Crippen LogP contribution in [-0.4, -0.2) is 27.4 Å². The predicted molar refractivity (Wildman–Crippen MR) is 76.8 cm³/mol. The van der Waals surface area contributed by atoms with E-state index in [-0.39, 0.29) is 5.78 Å². The minimum atomic E-state index is -0.0508. The zero-order valence-electron chi connectivity index (χ0n) is 10.4. The Morgan fingerprint density at radius 3 is 3.06 bits per heavy atom. The van der Waals surface area contributed by atoms with Crippen LogP contribution in [0.1, 0.15) is 37.2 Å². The van der Waals surface area contributed by atoms with Gasteiger partial charge < -0.3 is 0 Å². The number of rotatable bonds is 5. The number of allylic oxidation sites excluding steroid dienone is 1. The van der Waals surface area contributed by atoms with Crippen LogP contribution >= 0.6 is 23.1 Å². The lowest BCUT2D eigenvalue weighted by molar-refractivity contribution is 0.104. The SMILES string of the molecule is CCCCN1N=C(C)SC1=CC(=O)c1cscn1. The summed E-state index contributed by atoms with van der Waals surface area (Å²) in [6.45, 7) is 4.96. The second-order valence-electron chi connectivity index (χ2n) is 3.92. The molecule has 18 heavy (non-hydrogen) atoms. The van der Waals surface area contributed by atoms with Crippen molar-refractivity contribution in [1.82, 2.24) is 9.99 Å². The van der Waals surface area contributed by atoms with Crippen molar-refractivity contribution in [3.8, 4) is 0 Å². The lowest BCUT2D eigenvalue weighted by Gasteiger charge is -2.14. The minimum absolute atomic E-state index is 0.0508. The molecule has 0 saturated carbocycles. The highest BCUT2D eigenvalue weighted by Crippen LogP contribution is 2.30. The zero-order valence-corrected chi connectivity index (χ0v) is 12.1. The van der Waals surface area contributed by atoms with Crippen molar-refractivity contribution >= 4 is 33.9 Å². The van der Waals surface area contributed by atoms with E-state index in [2.05, 4.69) is 17.0 Å². The maximum absolute atomic E-state index is 12.0. The fourth-order valence-electron chi connectivity index (χ4n) is 1.54.